The molecule has 7 heteroatoms. The molecule has 0 atom stereocenters. The number of rotatable bonds is 7. The molecule has 1 amide bonds. The van der Waals surface area contributed by atoms with Crippen LogP contribution in [0.3, 0.4) is 0 Å². The Balaban J connectivity index is 1.83. The number of aryl methyl sites for hydroxylation is 1. The number of aromatic nitrogens is 2. The van der Waals surface area contributed by atoms with Crippen LogP contribution in [0.15, 0.2) is 22.6 Å². The van der Waals surface area contributed by atoms with Crippen LogP contribution < -0.4 is 5.32 Å². The molecule has 0 fully saturated rings. The molecule has 0 saturated heterocycles. The molecule has 2 rings (SSSR count). The van der Waals surface area contributed by atoms with Crippen LogP contribution in [0, 0.1) is 6.92 Å². The van der Waals surface area contributed by atoms with E-state index in [9.17, 15) is 9.59 Å². The Morgan fingerprint density at radius 3 is 2.86 bits per heavy atom. The smallest absolute Gasteiger partial charge is 0.303 e. The van der Waals surface area contributed by atoms with E-state index >= 15 is 0 Å². The lowest BCUT2D eigenvalue weighted by Crippen LogP contribution is -2.24. The summed E-state index contributed by atoms with van der Waals surface area (Å²) in [6, 6.07) is 5.25. The van der Waals surface area contributed by atoms with Gasteiger partial charge in [0.2, 0.25) is 0 Å². The molecule has 0 aromatic carbocycles. The van der Waals surface area contributed by atoms with Gasteiger partial charge in [-0.2, -0.15) is 5.10 Å². The van der Waals surface area contributed by atoms with Crippen molar-refractivity contribution in [1.29, 1.82) is 0 Å². The first-order valence-electron chi connectivity index (χ1n) is 6.68. The third kappa shape index (κ3) is 4.20. The number of nitrogens with zero attached hydrogens (tertiary/aromatic N) is 1. The lowest BCUT2D eigenvalue weighted by atomic mass is 10.2. The molecule has 2 heterocycles. The van der Waals surface area contributed by atoms with Crippen molar-refractivity contribution in [3.05, 3.63) is 29.7 Å². The molecule has 0 aliphatic heterocycles. The van der Waals surface area contributed by atoms with Crippen LogP contribution >= 0.6 is 0 Å². The van der Waals surface area contributed by atoms with Crippen LogP contribution in [0.1, 0.15) is 35.5 Å². The second-order valence-electron chi connectivity index (χ2n) is 4.68. The number of furan rings is 1. The maximum Gasteiger partial charge on any atom is 0.303 e. The highest BCUT2D eigenvalue weighted by Crippen LogP contribution is 2.20. The standard InChI is InChI=1S/C14H17N3O4/c1-9-5-6-12(21-9)10-8-11(17-16-10)14(20)15-7-3-2-4-13(18)19/h5-6,8H,2-4,7H2,1H3,(H,15,20)(H,16,17)(H,18,19). The van der Waals surface area contributed by atoms with Gasteiger partial charge in [0, 0.05) is 19.0 Å². The van der Waals surface area contributed by atoms with Gasteiger partial charge in [0.15, 0.2) is 11.5 Å². The fourth-order valence-corrected chi connectivity index (χ4v) is 1.84. The first-order chi connectivity index (χ1) is 10.1. The molecule has 112 valence electrons. The minimum Gasteiger partial charge on any atom is -0.481 e. The maximum absolute atomic E-state index is 11.9. The molecule has 0 saturated carbocycles. The molecule has 2 aromatic heterocycles. The van der Waals surface area contributed by atoms with Crippen LogP contribution in [0.2, 0.25) is 0 Å². The molecule has 0 bridgehead atoms. The lowest BCUT2D eigenvalue weighted by Gasteiger charge is -2.01. The maximum atomic E-state index is 11.9. The largest absolute Gasteiger partial charge is 0.481 e. The van der Waals surface area contributed by atoms with Gasteiger partial charge in [0.25, 0.3) is 5.91 Å². The molecule has 3 N–H and O–H groups in total. The fraction of sp³-hybridized carbons (Fsp3) is 0.357. The number of carboxylic acid groups (broad SMARTS) is 1. The van der Waals surface area contributed by atoms with Crippen molar-refractivity contribution in [1.82, 2.24) is 15.5 Å². The summed E-state index contributed by atoms with van der Waals surface area (Å²) in [7, 11) is 0. The highest BCUT2D eigenvalue weighted by Gasteiger charge is 2.12. The molecular formula is C14H17N3O4. The highest BCUT2D eigenvalue weighted by molar-refractivity contribution is 5.93. The van der Waals surface area contributed by atoms with Crippen molar-refractivity contribution >= 4 is 11.9 Å². The predicted molar refractivity (Wildman–Crippen MR) is 74.8 cm³/mol. The van der Waals surface area contributed by atoms with Crippen LogP contribution in [0.4, 0.5) is 0 Å². The molecule has 0 unspecified atom stereocenters. The minimum absolute atomic E-state index is 0.111. The van der Waals surface area contributed by atoms with Gasteiger partial charge >= 0.3 is 5.97 Å². The second kappa shape index (κ2) is 6.74. The van der Waals surface area contributed by atoms with Crippen LogP contribution in [-0.2, 0) is 4.79 Å². The topological polar surface area (TPSA) is 108 Å². The number of hydrogen-bond donors (Lipinski definition) is 3. The SMILES string of the molecule is Cc1ccc(-c2cc(C(=O)NCCCCC(=O)O)n[nH]2)o1. The van der Waals surface area contributed by atoms with E-state index in [1.165, 1.54) is 0 Å². The van der Waals surface area contributed by atoms with E-state index in [2.05, 4.69) is 15.5 Å². The monoisotopic (exact) mass is 291 g/mol. The van der Waals surface area contributed by atoms with Crippen molar-refractivity contribution in [3.8, 4) is 11.5 Å². The summed E-state index contributed by atoms with van der Waals surface area (Å²) in [5.74, 6) is 0.285. The number of carbonyl (C=O) groups is 2. The van der Waals surface area contributed by atoms with E-state index in [1.54, 1.807) is 12.1 Å². The van der Waals surface area contributed by atoms with Gasteiger partial charge in [-0.05, 0) is 31.9 Å². The number of aliphatic carboxylic acids is 1. The first kappa shape index (κ1) is 14.8. The second-order valence-corrected chi connectivity index (χ2v) is 4.68. The first-order valence-corrected chi connectivity index (χ1v) is 6.68. The Hall–Kier alpha value is -2.57. The molecule has 0 radical (unpaired) electrons. The number of aromatic amines is 1. The summed E-state index contributed by atoms with van der Waals surface area (Å²) < 4.78 is 5.44. The van der Waals surface area contributed by atoms with Crippen molar-refractivity contribution in [2.24, 2.45) is 0 Å². The van der Waals surface area contributed by atoms with Gasteiger partial charge < -0.3 is 14.8 Å². The van der Waals surface area contributed by atoms with Gasteiger partial charge in [-0.15, -0.1) is 0 Å². The number of nitrogens with one attached hydrogen (secondary N) is 2. The molecule has 7 nitrogen and oxygen atoms in total. The molecule has 0 spiro atoms. The zero-order valence-corrected chi connectivity index (χ0v) is 11.7. The van der Waals surface area contributed by atoms with E-state index in [1.807, 2.05) is 13.0 Å². The third-order valence-corrected chi connectivity index (χ3v) is 2.92. The van der Waals surface area contributed by atoms with Gasteiger partial charge in [-0.3, -0.25) is 14.7 Å². The summed E-state index contributed by atoms with van der Waals surface area (Å²) in [5, 5.41) is 17.9. The Morgan fingerprint density at radius 2 is 2.19 bits per heavy atom. The summed E-state index contributed by atoms with van der Waals surface area (Å²) in [6.07, 6.45) is 1.26. The number of unbranched alkanes of at least 4 members (excludes halogenated alkanes) is 1. The highest BCUT2D eigenvalue weighted by atomic mass is 16.4. The summed E-state index contributed by atoms with van der Waals surface area (Å²) in [5.41, 5.74) is 0.913. The van der Waals surface area contributed by atoms with Crippen LogP contribution in [0.25, 0.3) is 11.5 Å². The molecular weight excluding hydrogens is 274 g/mol. The number of hydrogen-bond acceptors (Lipinski definition) is 4. The van der Waals surface area contributed by atoms with Crippen LogP contribution in [0.5, 0.6) is 0 Å². The van der Waals surface area contributed by atoms with E-state index in [-0.39, 0.29) is 18.0 Å². The molecule has 0 aliphatic carbocycles. The van der Waals surface area contributed by atoms with Gasteiger partial charge in [0.1, 0.15) is 11.5 Å². The van der Waals surface area contributed by atoms with Crippen molar-refractivity contribution in [2.45, 2.75) is 26.2 Å². The Kier molecular flexibility index (Phi) is 4.76. The number of amides is 1. The number of carboxylic acids is 1. The molecule has 21 heavy (non-hydrogen) atoms. The number of carbonyl (C=O) groups excluding carboxylic acids is 1. The number of H-pyrrole nitrogens is 1. The minimum atomic E-state index is -0.827. The van der Waals surface area contributed by atoms with Crippen molar-refractivity contribution in [2.75, 3.05) is 6.54 Å². The Labute approximate surface area is 121 Å². The summed E-state index contributed by atoms with van der Waals surface area (Å²) in [6.45, 7) is 2.26. The lowest BCUT2D eigenvalue weighted by molar-refractivity contribution is -0.137. The fourth-order valence-electron chi connectivity index (χ4n) is 1.84. The average Bonchev–Trinajstić information content (AvgIpc) is 3.06. The molecule has 0 aliphatic rings. The Morgan fingerprint density at radius 1 is 1.38 bits per heavy atom. The van der Waals surface area contributed by atoms with E-state index < -0.39 is 5.97 Å². The normalized spacial score (nSPS) is 10.5. The molecule has 2 aromatic rings. The van der Waals surface area contributed by atoms with E-state index in [0.29, 0.717) is 30.8 Å². The van der Waals surface area contributed by atoms with E-state index in [0.717, 1.165) is 5.76 Å². The van der Waals surface area contributed by atoms with Gasteiger partial charge in [-0.25, -0.2) is 0 Å². The third-order valence-electron chi connectivity index (χ3n) is 2.92. The quantitative estimate of drug-likeness (QED) is 0.676. The van der Waals surface area contributed by atoms with Crippen LogP contribution in [-0.4, -0.2) is 33.7 Å². The summed E-state index contributed by atoms with van der Waals surface area (Å²) in [4.78, 5) is 22.2. The zero-order valence-electron chi connectivity index (χ0n) is 11.7. The summed E-state index contributed by atoms with van der Waals surface area (Å²) >= 11 is 0. The van der Waals surface area contributed by atoms with Crippen molar-refractivity contribution < 1.29 is 19.1 Å². The zero-order chi connectivity index (χ0) is 15.2. The van der Waals surface area contributed by atoms with Crippen molar-refractivity contribution in [3.63, 3.8) is 0 Å². The van der Waals surface area contributed by atoms with Gasteiger partial charge in [-0.1, -0.05) is 0 Å². The van der Waals surface area contributed by atoms with E-state index in [4.69, 9.17) is 9.52 Å². The Bertz CT molecular complexity index is 630. The predicted octanol–water partition coefficient (Wildman–Crippen LogP) is 1.96. The van der Waals surface area contributed by atoms with Gasteiger partial charge in [0.05, 0.1) is 0 Å². The average molecular weight is 291 g/mol.